The maximum absolute atomic E-state index is 14.5. The summed E-state index contributed by atoms with van der Waals surface area (Å²) in [6.45, 7) is 13.9. The molecule has 0 saturated carbocycles. The minimum Gasteiger partial charge on any atom is -0.444 e. The monoisotopic (exact) mass is 392 g/mol. The summed E-state index contributed by atoms with van der Waals surface area (Å²) in [6.07, 6.45) is 0.102. The van der Waals surface area contributed by atoms with Gasteiger partial charge in [-0.3, -0.25) is 0 Å². The molecule has 28 heavy (non-hydrogen) atoms. The number of hydrogen-bond donors (Lipinski definition) is 2. The summed E-state index contributed by atoms with van der Waals surface area (Å²) < 4.78 is 32.1. The Morgan fingerprint density at radius 2 is 1.86 bits per heavy atom. The van der Waals surface area contributed by atoms with Crippen LogP contribution in [0.1, 0.15) is 66.5 Å². The van der Waals surface area contributed by atoms with Gasteiger partial charge >= 0.3 is 13.2 Å². The first kappa shape index (κ1) is 20.9. The second kappa shape index (κ2) is 6.92. The first-order valence-electron chi connectivity index (χ1n) is 9.71. The van der Waals surface area contributed by atoms with E-state index in [0.29, 0.717) is 24.0 Å². The Kier molecular flexibility index (Phi) is 5.17. The zero-order valence-corrected chi connectivity index (χ0v) is 17.7. The van der Waals surface area contributed by atoms with E-state index >= 15 is 0 Å². The van der Waals surface area contributed by atoms with Gasteiger partial charge in [-0.2, -0.15) is 0 Å². The average molecular weight is 392 g/mol. The highest BCUT2D eigenvalue weighted by atomic mass is 19.1. The number of carbonyl (C=O) groups excluding carboxylic acids is 1. The Morgan fingerprint density at radius 1 is 1.25 bits per heavy atom. The lowest BCUT2D eigenvalue weighted by Crippen LogP contribution is -2.42. The number of nitrogens with one attached hydrogen (secondary N) is 2. The number of fused-ring (bicyclic) bond motifs is 1. The summed E-state index contributed by atoms with van der Waals surface area (Å²) in [6, 6.07) is 2.52. The van der Waals surface area contributed by atoms with Crippen molar-refractivity contribution in [2.24, 2.45) is 0 Å². The van der Waals surface area contributed by atoms with Crippen LogP contribution in [-0.2, 0) is 14.0 Å². The van der Waals surface area contributed by atoms with Crippen molar-refractivity contribution in [2.75, 3.05) is 11.9 Å². The fourth-order valence-electron chi connectivity index (χ4n) is 3.38. The van der Waals surface area contributed by atoms with E-state index in [-0.39, 0.29) is 6.04 Å². The first-order chi connectivity index (χ1) is 12.8. The molecule has 1 unspecified atom stereocenters. The van der Waals surface area contributed by atoms with E-state index in [1.807, 2.05) is 27.7 Å². The molecule has 0 spiro atoms. The zero-order chi connectivity index (χ0) is 20.9. The van der Waals surface area contributed by atoms with E-state index in [9.17, 15) is 9.18 Å². The molecule has 1 fully saturated rings. The number of benzene rings is 1. The Morgan fingerprint density at radius 3 is 2.43 bits per heavy atom. The molecular weight excluding hydrogens is 362 g/mol. The van der Waals surface area contributed by atoms with Crippen molar-refractivity contribution in [3.05, 3.63) is 23.5 Å². The van der Waals surface area contributed by atoms with Crippen LogP contribution in [-0.4, -0.2) is 36.6 Å². The van der Waals surface area contributed by atoms with E-state index in [4.69, 9.17) is 14.0 Å². The van der Waals surface area contributed by atoms with Gasteiger partial charge < -0.3 is 24.7 Å². The number of amides is 1. The standard InChI is InChI=1S/C20H30BFN2O4/c1-18(2,3)26-17(25)24-15-8-9-23-16-13(15)10-12(22)11-14(16)21-27-19(4,5)20(6,7)28-21/h10-11,15,23H,8-9H2,1-7H3,(H,24,25). The number of carbonyl (C=O) groups is 1. The van der Waals surface area contributed by atoms with Crippen molar-refractivity contribution in [3.8, 4) is 0 Å². The smallest absolute Gasteiger partial charge is 0.444 e. The number of ether oxygens (including phenoxy) is 1. The Hall–Kier alpha value is -1.80. The Balaban J connectivity index is 1.91. The average Bonchev–Trinajstić information content (AvgIpc) is 2.73. The van der Waals surface area contributed by atoms with Crippen LogP contribution in [0.2, 0.25) is 0 Å². The fraction of sp³-hybridized carbons (Fsp3) is 0.650. The summed E-state index contributed by atoms with van der Waals surface area (Å²) in [5.74, 6) is -0.400. The lowest BCUT2D eigenvalue weighted by Gasteiger charge is -2.32. The van der Waals surface area contributed by atoms with Gasteiger partial charge in [0.05, 0.1) is 17.2 Å². The molecule has 8 heteroatoms. The molecule has 3 rings (SSSR count). The summed E-state index contributed by atoms with van der Waals surface area (Å²) in [4.78, 5) is 12.2. The zero-order valence-electron chi connectivity index (χ0n) is 17.7. The molecule has 1 amide bonds. The van der Waals surface area contributed by atoms with Crippen LogP contribution >= 0.6 is 0 Å². The molecule has 1 saturated heterocycles. The maximum atomic E-state index is 14.5. The van der Waals surface area contributed by atoms with Gasteiger partial charge in [0.1, 0.15) is 11.4 Å². The van der Waals surface area contributed by atoms with Gasteiger partial charge in [-0.25, -0.2) is 9.18 Å². The molecule has 2 heterocycles. The number of alkyl carbamates (subject to hydrolysis) is 1. The van der Waals surface area contributed by atoms with Crippen molar-refractivity contribution in [3.63, 3.8) is 0 Å². The quantitative estimate of drug-likeness (QED) is 0.754. The summed E-state index contributed by atoms with van der Waals surface area (Å²) >= 11 is 0. The predicted molar refractivity (Wildman–Crippen MR) is 107 cm³/mol. The minimum absolute atomic E-state index is 0.358. The van der Waals surface area contributed by atoms with Crippen LogP contribution in [0, 0.1) is 5.82 Å². The molecule has 6 nitrogen and oxygen atoms in total. The second-order valence-electron chi connectivity index (χ2n) is 9.46. The molecule has 0 aromatic heterocycles. The van der Waals surface area contributed by atoms with Gasteiger partial charge in [0.25, 0.3) is 0 Å². The molecular formula is C20H30BFN2O4. The SMILES string of the molecule is CC(C)(C)OC(=O)NC1CCNc2c(B3OC(C)(C)C(C)(C)O3)cc(F)cc21. The van der Waals surface area contributed by atoms with E-state index in [0.717, 1.165) is 5.69 Å². The molecule has 1 aromatic rings. The summed E-state index contributed by atoms with van der Waals surface area (Å²) in [5, 5.41) is 6.18. The first-order valence-corrected chi connectivity index (χ1v) is 9.71. The van der Waals surface area contributed by atoms with E-state index in [1.54, 1.807) is 20.8 Å². The number of anilines is 1. The van der Waals surface area contributed by atoms with Crippen molar-refractivity contribution >= 4 is 24.4 Å². The molecule has 0 aliphatic carbocycles. The molecule has 1 aromatic carbocycles. The third kappa shape index (κ3) is 4.13. The third-order valence-electron chi connectivity index (χ3n) is 5.47. The largest absolute Gasteiger partial charge is 0.497 e. The molecule has 0 bridgehead atoms. The van der Waals surface area contributed by atoms with Crippen LogP contribution in [0.25, 0.3) is 0 Å². The summed E-state index contributed by atoms with van der Waals surface area (Å²) in [7, 11) is -0.692. The van der Waals surface area contributed by atoms with Crippen LogP contribution < -0.4 is 16.1 Å². The second-order valence-corrected chi connectivity index (χ2v) is 9.46. The van der Waals surface area contributed by atoms with Crippen LogP contribution in [0.3, 0.4) is 0 Å². The van der Waals surface area contributed by atoms with Crippen LogP contribution in [0.5, 0.6) is 0 Å². The van der Waals surface area contributed by atoms with Gasteiger partial charge in [-0.1, -0.05) is 0 Å². The van der Waals surface area contributed by atoms with Crippen LogP contribution in [0.15, 0.2) is 12.1 Å². The Bertz CT molecular complexity index is 760. The van der Waals surface area contributed by atoms with E-state index in [2.05, 4.69) is 10.6 Å². The third-order valence-corrected chi connectivity index (χ3v) is 5.47. The summed E-state index contributed by atoms with van der Waals surface area (Å²) in [5.41, 5.74) is 0.355. The maximum Gasteiger partial charge on any atom is 0.497 e. The fourth-order valence-corrected chi connectivity index (χ4v) is 3.38. The van der Waals surface area contributed by atoms with Gasteiger partial charge in [-0.05, 0) is 67.0 Å². The van der Waals surface area contributed by atoms with Gasteiger partial charge in [0, 0.05) is 23.3 Å². The highest BCUT2D eigenvalue weighted by molar-refractivity contribution is 6.64. The lowest BCUT2D eigenvalue weighted by atomic mass is 9.75. The van der Waals surface area contributed by atoms with Crippen molar-refractivity contribution < 1.29 is 23.2 Å². The Labute approximate surface area is 166 Å². The highest BCUT2D eigenvalue weighted by Gasteiger charge is 2.52. The van der Waals surface area contributed by atoms with Crippen molar-refractivity contribution in [2.45, 2.75) is 77.7 Å². The van der Waals surface area contributed by atoms with Gasteiger partial charge in [0.2, 0.25) is 0 Å². The van der Waals surface area contributed by atoms with E-state index in [1.165, 1.54) is 12.1 Å². The topological polar surface area (TPSA) is 68.8 Å². The van der Waals surface area contributed by atoms with Crippen molar-refractivity contribution in [1.82, 2.24) is 5.32 Å². The predicted octanol–water partition coefficient (Wildman–Crippen LogP) is 3.51. The molecule has 2 aliphatic rings. The molecule has 1 atom stereocenters. The molecule has 2 aliphatic heterocycles. The van der Waals surface area contributed by atoms with Crippen LogP contribution in [0.4, 0.5) is 14.9 Å². The molecule has 154 valence electrons. The van der Waals surface area contributed by atoms with Gasteiger partial charge in [0.15, 0.2) is 0 Å². The van der Waals surface area contributed by atoms with Crippen molar-refractivity contribution in [1.29, 1.82) is 0 Å². The number of hydrogen-bond acceptors (Lipinski definition) is 5. The normalized spacial score (nSPS) is 23.0. The lowest BCUT2D eigenvalue weighted by molar-refractivity contribution is 0.00578. The molecule has 0 radical (unpaired) electrons. The highest BCUT2D eigenvalue weighted by Crippen LogP contribution is 2.38. The van der Waals surface area contributed by atoms with E-state index < -0.39 is 35.8 Å². The minimum atomic E-state index is -0.692. The van der Waals surface area contributed by atoms with Gasteiger partial charge in [-0.15, -0.1) is 0 Å². The molecule has 2 N–H and O–H groups in total. The number of rotatable bonds is 2. The number of halogens is 1.